The second kappa shape index (κ2) is 8.36. The molecule has 31 heavy (non-hydrogen) atoms. The van der Waals surface area contributed by atoms with Gasteiger partial charge in [-0.1, -0.05) is 12.0 Å². The monoisotopic (exact) mass is 419 g/mol. The minimum Gasteiger partial charge on any atom is -0.490 e. The highest BCUT2D eigenvalue weighted by Crippen LogP contribution is 2.42. The number of terminal acetylenes is 1. The topological polar surface area (TPSA) is 111 Å². The molecule has 158 valence electrons. The highest BCUT2D eigenvalue weighted by molar-refractivity contribution is 5.95. The second-order valence-corrected chi connectivity index (χ2v) is 6.98. The van der Waals surface area contributed by atoms with E-state index in [0.717, 1.165) is 16.8 Å². The van der Waals surface area contributed by atoms with E-state index in [1.165, 1.54) is 10.7 Å². The summed E-state index contributed by atoms with van der Waals surface area (Å²) in [6.07, 6.45) is 5.56. The van der Waals surface area contributed by atoms with Gasteiger partial charge in [-0.2, -0.15) is 14.9 Å². The number of H-pyrrole nitrogens is 1. The van der Waals surface area contributed by atoms with Gasteiger partial charge in [-0.05, 0) is 37.6 Å². The summed E-state index contributed by atoms with van der Waals surface area (Å²) in [5.74, 6) is 4.11. The standard InChI is InChI=1S/C22H21N5O4/c1-4-10-31-16-7-6-14(11-17(16)30-5-2)15-12-20(29)23-22-21(15)13(3)26-27(22)18-8-9-19(28)25-24-18/h1,6-9,11,15H,5,10,12H2,2-3H3,(H,23,29)(H,25,28)/t15-/m1/s1. The van der Waals surface area contributed by atoms with Crippen molar-refractivity contribution in [3.05, 3.63) is 57.5 Å². The van der Waals surface area contributed by atoms with Crippen LogP contribution in [-0.4, -0.2) is 39.1 Å². The highest BCUT2D eigenvalue weighted by Gasteiger charge is 2.33. The number of rotatable bonds is 6. The van der Waals surface area contributed by atoms with Gasteiger partial charge in [0.1, 0.15) is 12.4 Å². The Kier molecular flexibility index (Phi) is 5.45. The Morgan fingerprint density at radius 1 is 1.23 bits per heavy atom. The summed E-state index contributed by atoms with van der Waals surface area (Å²) < 4.78 is 12.8. The van der Waals surface area contributed by atoms with Crippen LogP contribution in [-0.2, 0) is 4.79 Å². The number of carbonyl (C=O) groups is 1. The lowest BCUT2D eigenvalue weighted by molar-refractivity contribution is -0.116. The molecule has 0 fully saturated rings. The van der Waals surface area contributed by atoms with Crippen LogP contribution in [0, 0.1) is 19.3 Å². The number of carbonyl (C=O) groups excluding carboxylic acids is 1. The first-order chi connectivity index (χ1) is 15.0. The predicted molar refractivity (Wildman–Crippen MR) is 114 cm³/mol. The van der Waals surface area contributed by atoms with Gasteiger partial charge in [0.15, 0.2) is 17.3 Å². The van der Waals surface area contributed by atoms with Crippen LogP contribution in [0.4, 0.5) is 5.82 Å². The van der Waals surface area contributed by atoms with Crippen molar-refractivity contribution in [3.63, 3.8) is 0 Å². The first-order valence-corrected chi connectivity index (χ1v) is 9.80. The number of anilines is 1. The SMILES string of the molecule is C#CCOc1ccc([C@H]2CC(=O)Nc3c2c(C)nn3-c2ccc(=O)[nH]n2)cc1OCC. The molecular weight excluding hydrogens is 398 g/mol. The van der Waals surface area contributed by atoms with Gasteiger partial charge < -0.3 is 14.8 Å². The van der Waals surface area contributed by atoms with E-state index in [1.54, 1.807) is 12.1 Å². The lowest BCUT2D eigenvalue weighted by Crippen LogP contribution is -2.25. The minimum absolute atomic E-state index is 0.132. The average molecular weight is 419 g/mol. The largest absolute Gasteiger partial charge is 0.490 e. The third kappa shape index (κ3) is 3.88. The fourth-order valence-corrected chi connectivity index (χ4v) is 3.70. The van der Waals surface area contributed by atoms with Gasteiger partial charge in [0.25, 0.3) is 5.56 Å². The minimum atomic E-state index is -0.320. The van der Waals surface area contributed by atoms with E-state index in [4.69, 9.17) is 15.9 Å². The number of hydrogen-bond donors (Lipinski definition) is 2. The predicted octanol–water partition coefficient (Wildman–Crippen LogP) is 2.15. The number of ether oxygens (including phenoxy) is 2. The molecule has 2 N–H and O–H groups in total. The summed E-state index contributed by atoms with van der Waals surface area (Å²) in [7, 11) is 0. The van der Waals surface area contributed by atoms with Gasteiger partial charge in [0, 0.05) is 24.0 Å². The van der Waals surface area contributed by atoms with Gasteiger partial charge in [0.2, 0.25) is 5.91 Å². The molecular formula is C22H21N5O4. The fourth-order valence-electron chi connectivity index (χ4n) is 3.70. The molecule has 3 heterocycles. The van der Waals surface area contributed by atoms with Gasteiger partial charge in [-0.15, -0.1) is 6.42 Å². The Morgan fingerprint density at radius 2 is 2.06 bits per heavy atom. The van der Waals surface area contributed by atoms with Crippen molar-refractivity contribution in [2.24, 2.45) is 0 Å². The summed E-state index contributed by atoms with van der Waals surface area (Å²) in [5.41, 5.74) is 2.20. The average Bonchev–Trinajstić information content (AvgIpc) is 3.09. The molecule has 1 aliphatic heterocycles. The maximum absolute atomic E-state index is 12.6. The smallest absolute Gasteiger partial charge is 0.264 e. The van der Waals surface area contributed by atoms with E-state index < -0.39 is 0 Å². The van der Waals surface area contributed by atoms with E-state index in [9.17, 15) is 9.59 Å². The molecule has 0 spiro atoms. The van der Waals surface area contributed by atoms with Crippen molar-refractivity contribution in [3.8, 4) is 29.7 Å². The van der Waals surface area contributed by atoms with E-state index >= 15 is 0 Å². The van der Waals surface area contributed by atoms with Crippen LogP contribution < -0.4 is 20.3 Å². The van der Waals surface area contributed by atoms with Gasteiger partial charge in [-0.25, -0.2) is 5.10 Å². The summed E-state index contributed by atoms with van der Waals surface area (Å²) in [6.45, 7) is 4.35. The van der Waals surface area contributed by atoms with Gasteiger partial charge in [-0.3, -0.25) is 9.59 Å². The van der Waals surface area contributed by atoms with Crippen molar-refractivity contribution in [1.29, 1.82) is 0 Å². The molecule has 0 bridgehead atoms. The molecule has 3 aromatic rings. The van der Waals surface area contributed by atoms with Crippen LogP contribution in [0.2, 0.25) is 0 Å². The Bertz CT molecular complexity index is 1220. The normalized spacial score (nSPS) is 15.0. The lowest BCUT2D eigenvalue weighted by atomic mass is 9.85. The van der Waals surface area contributed by atoms with Crippen molar-refractivity contribution in [2.45, 2.75) is 26.2 Å². The fraction of sp³-hybridized carbons (Fsp3) is 0.273. The number of benzene rings is 1. The highest BCUT2D eigenvalue weighted by atomic mass is 16.5. The Morgan fingerprint density at radius 3 is 2.77 bits per heavy atom. The number of hydrogen-bond acceptors (Lipinski definition) is 6. The molecule has 9 heteroatoms. The van der Waals surface area contributed by atoms with Crippen molar-refractivity contribution >= 4 is 11.7 Å². The van der Waals surface area contributed by atoms with E-state index in [-0.39, 0.29) is 30.4 Å². The number of aromatic nitrogens is 4. The number of nitrogens with one attached hydrogen (secondary N) is 2. The van der Waals surface area contributed by atoms with Crippen LogP contribution in [0.15, 0.2) is 35.1 Å². The molecule has 2 aromatic heterocycles. The third-order valence-electron chi connectivity index (χ3n) is 4.96. The quantitative estimate of drug-likeness (QED) is 0.593. The Balaban J connectivity index is 1.79. The summed E-state index contributed by atoms with van der Waals surface area (Å²) >= 11 is 0. The third-order valence-corrected chi connectivity index (χ3v) is 4.96. The molecule has 1 amide bonds. The van der Waals surface area contributed by atoms with Crippen LogP contribution in [0.5, 0.6) is 11.5 Å². The maximum Gasteiger partial charge on any atom is 0.264 e. The van der Waals surface area contributed by atoms with Crippen LogP contribution >= 0.6 is 0 Å². The number of amides is 1. The number of fused-ring (bicyclic) bond motifs is 1. The number of nitrogens with zero attached hydrogens (tertiary/aromatic N) is 3. The maximum atomic E-state index is 12.6. The zero-order chi connectivity index (χ0) is 22.0. The van der Waals surface area contributed by atoms with E-state index in [1.807, 2.05) is 26.0 Å². The van der Waals surface area contributed by atoms with E-state index in [2.05, 4.69) is 26.5 Å². The molecule has 0 radical (unpaired) electrons. The molecule has 1 aromatic carbocycles. The first kappa shape index (κ1) is 20.2. The van der Waals surface area contributed by atoms with Crippen molar-refractivity contribution in [1.82, 2.24) is 20.0 Å². The summed E-state index contributed by atoms with van der Waals surface area (Å²) in [4.78, 5) is 23.9. The molecule has 1 aliphatic rings. The summed E-state index contributed by atoms with van der Waals surface area (Å²) in [6, 6.07) is 8.48. The van der Waals surface area contributed by atoms with Gasteiger partial charge >= 0.3 is 0 Å². The van der Waals surface area contributed by atoms with Gasteiger partial charge in [0.05, 0.1) is 12.3 Å². The van der Waals surface area contributed by atoms with Crippen LogP contribution in [0.1, 0.15) is 36.1 Å². The van der Waals surface area contributed by atoms with Crippen LogP contribution in [0.25, 0.3) is 5.82 Å². The zero-order valence-electron chi connectivity index (χ0n) is 17.1. The van der Waals surface area contributed by atoms with Crippen molar-refractivity contribution < 1.29 is 14.3 Å². The molecule has 1 atom stereocenters. The van der Waals surface area contributed by atoms with E-state index in [0.29, 0.717) is 29.7 Å². The zero-order valence-corrected chi connectivity index (χ0v) is 17.1. The molecule has 0 aliphatic carbocycles. The van der Waals surface area contributed by atoms with Crippen molar-refractivity contribution in [2.75, 3.05) is 18.5 Å². The molecule has 0 saturated carbocycles. The Hall–Kier alpha value is -4.06. The molecule has 0 unspecified atom stereocenters. The molecule has 4 rings (SSSR count). The lowest BCUT2D eigenvalue weighted by Gasteiger charge is -2.25. The molecule has 0 saturated heterocycles. The molecule has 9 nitrogen and oxygen atoms in total. The van der Waals surface area contributed by atoms with Crippen LogP contribution in [0.3, 0.4) is 0 Å². The summed E-state index contributed by atoms with van der Waals surface area (Å²) in [5, 5.41) is 13.9. The first-order valence-electron chi connectivity index (χ1n) is 9.80. The number of aromatic amines is 1. The second-order valence-electron chi connectivity index (χ2n) is 6.98. The number of aryl methyl sites for hydroxylation is 1. The Labute approximate surface area is 178 Å².